The van der Waals surface area contributed by atoms with Gasteiger partial charge in [-0.15, -0.1) is 5.10 Å². The second-order valence-electron chi connectivity index (χ2n) is 5.99. The number of fused-ring (bicyclic) bond motifs is 2. The molecule has 4 rings (SSSR count). The Hall–Kier alpha value is -2.08. The number of hydrogen-bond acceptors (Lipinski definition) is 5. The predicted molar refractivity (Wildman–Crippen MR) is 90.6 cm³/mol. The van der Waals surface area contributed by atoms with Crippen LogP contribution in [0.15, 0.2) is 41.2 Å². The molecule has 1 aliphatic heterocycles. The Labute approximate surface area is 139 Å². The number of carbonyl (C=O) groups is 1. The van der Waals surface area contributed by atoms with Gasteiger partial charge in [0.1, 0.15) is 5.78 Å². The highest BCUT2D eigenvalue weighted by Gasteiger charge is 2.41. The lowest BCUT2D eigenvalue weighted by Gasteiger charge is -2.36. The molecule has 1 aromatic heterocycles. The molecule has 0 spiro atoms. The number of thioether (sulfide) groups is 1. The first-order chi connectivity index (χ1) is 11.2. The molecule has 0 fully saturated rings. The van der Waals surface area contributed by atoms with Crippen LogP contribution in [0.25, 0.3) is 0 Å². The van der Waals surface area contributed by atoms with Crippen molar-refractivity contribution in [3.05, 3.63) is 47.2 Å². The van der Waals surface area contributed by atoms with E-state index in [4.69, 9.17) is 0 Å². The summed E-state index contributed by atoms with van der Waals surface area (Å²) >= 11 is 1.51. The highest BCUT2D eigenvalue weighted by atomic mass is 32.2. The van der Waals surface area contributed by atoms with Crippen molar-refractivity contribution in [1.82, 2.24) is 14.8 Å². The largest absolute Gasteiger partial charge is 0.328 e. The Bertz CT molecular complexity index is 811. The number of Topliss-reactive ketones (excluding diaryl/α,β-unsaturated/α-hetero) is 1. The van der Waals surface area contributed by atoms with Gasteiger partial charge in [-0.25, -0.2) is 4.68 Å². The Morgan fingerprint density at radius 2 is 2.26 bits per heavy atom. The van der Waals surface area contributed by atoms with Gasteiger partial charge in [0, 0.05) is 12.1 Å². The van der Waals surface area contributed by atoms with Crippen molar-refractivity contribution in [2.45, 2.75) is 31.0 Å². The van der Waals surface area contributed by atoms with Crippen molar-refractivity contribution >= 4 is 23.5 Å². The van der Waals surface area contributed by atoms with Gasteiger partial charge in [0.15, 0.2) is 0 Å². The van der Waals surface area contributed by atoms with E-state index in [0.717, 1.165) is 28.8 Å². The number of rotatable bonds is 2. The van der Waals surface area contributed by atoms with Crippen molar-refractivity contribution < 1.29 is 4.79 Å². The number of allylic oxidation sites excluding steroid dienone is 2. The molecule has 0 amide bonds. The molecular formula is C17H18N4OS. The molecule has 2 heterocycles. The second-order valence-corrected chi connectivity index (χ2v) is 6.77. The van der Waals surface area contributed by atoms with Crippen LogP contribution in [0.4, 0.5) is 5.95 Å². The smallest absolute Gasteiger partial charge is 0.227 e. The number of aromatic nitrogens is 3. The van der Waals surface area contributed by atoms with Crippen molar-refractivity contribution in [1.29, 1.82) is 0 Å². The van der Waals surface area contributed by atoms with E-state index in [0.29, 0.717) is 6.42 Å². The van der Waals surface area contributed by atoms with Crippen molar-refractivity contribution in [2.75, 3.05) is 11.6 Å². The summed E-state index contributed by atoms with van der Waals surface area (Å²) < 4.78 is 1.88. The highest BCUT2D eigenvalue weighted by molar-refractivity contribution is 7.98. The Morgan fingerprint density at radius 1 is 1.39 bits per heavy atom. The number of anilines is 1. The minimum atomic E-state index is -0.200. The van der Waals surface area contributed by atoms with Gasteiger partial charge in [0.25, 0.3) is 0 Å². The fourth-order valence-corrected chi connectivity index (χ4v) is 3.78. The molecule has 0 saturated heterocycles. The Morgan fingerprint density at radius 3 is 3.04 bits per heavy atom. The number of aryl methyl sites for hydroxylation is 1. The van der Waals surface area contributed by atoms with E-state index in [1.54, 1.807) is 0 Å². The first-order valence-corrected chi connectivity index (χ1v) is 8.97. The lowest BCUT2D eigenvalue weighted by Crippen LogP contribution is -2.38. The van der Waals surface area contributed by atoms with Crippen LogP contribution in [0.1, 0.15) is 30.0 Å². The fraction of sp³-hybridized carbons (Fsp3) is 0.353. The van der Waals surface area contributed by atoms with Crippen molar-refractivity contribution in [2.24, 2.45) is 5.92 Å². The van der Waals surface area contributed by atoms with Gasteiger partial charge in [-0.2, -0.15) is 4.98 Å². The number of nitrogens with zero attached hydrogens (tertiary/aromatic N) is 3. The zero-order chi connectivity index (χ0) is 16.0. The van der Waals surface area contributed by atoms with Crippen LogP contribution in [0.2, 0.25) is 0 Å². The molecule has 118 valence electrons. The van der Waals surface area contributed by atoms with Crippen LogP contribution in [-0.2, 0) is 4.79 Å². The topological polar surface area (TPSA) is 59.8 Å². The molecule has 0 bridgehead atoms. The van der Waals surface area contributed by atoms with Gasteiger partial charge >= 0.3 is 0 Å². The molecule has 0 unspecified atom stereocenters. The molecule has 6 heteroatoms. The first kappa shape index (κ1) is 14.5. The molecule has 1 N–H and O–H groups in total. The van der Waals surface area contributed by atoms with E-state index in [-0.39, 0.29) is 17.7 Å². The molecule has 23 heavy (non-hydrogen) atoms. The van der Waals surface area contributed by atoms with Crippen LogP contribution < -0.4 is 5.32 Å². The van der Waals surface area contributed by atoms with Gasteiger partial charge < -0.3 is 5.32 Å². The van der Waals surface area contributed by atoms with Gasteiger partial charge in [0.05, 0.1) is 12.0 Å². The van der Waals surface area contributed by atoms with Gasteiger partial charge in [0.2, 0.25) is 11.1 Å². The average Bonchev–Trinajstić information content (AvgIpc) is 2.96. The number of carbonyl (C=O) groups excluding carboxylic acids is 1. The van der Waals surface area contributed by atoms with Crippen LogP contribution in [0.3, 0.4) is 0 Å². The second kappa shape index (κ2) is 5.53. The van der Waals surface area contributed by atoms with Gasteiger partial charge in [-0.3, -0.25) is 4.79 Å². The molecular weight excluding hydrogens is 308 g/mol. The number of benzene rings is 1. The molecule has 0 saturated carbocycles. The third-order valence-electron chi connectivity index (χ3n) is 4.45. The third-order valence-corrected chi connectivity index (χ3v) is 4.99. The van der Waals surface area contributed by atoms with Gasteiger partial charge in [-0.1, -0.05) is 47.7 Å². The summed E-state index contributed by atoms with van der Waals surface area (Å²) in [5, 5.41) is 8.64. The summed E-state index contributed by atoms with van der Waals surface area (Å²) in [6.45, 7) is 2.07. The lowest BCUT2D eigenvalue weighted by molar-refractivity contribution is -0.123. The lowest BCUT2D eigenvalue weighted by atomic mass is 9.80. The molecule has 2 atom stereocenters. The molecule has 1 aromatic carbocycles. The number of ketones is 1. The van der Waals surface area contributed by atoms with E-state index in [9.17, 15) is 4.79 Å². The molecule has 2 aliphatic rings. The Balaban J connectivity index is 1.91. The van der Waals surface area contributed by atoms with E-state index in [1.807, 2.05) is 17.0 Å². The standard InChI is InChI=1S/C17H18N4OS/c1-10-5-3-6-11(9-10)15-14-12(7-4-8-13(14)22)18-16-19-17(23-2)20-21(15)16/h3,5-7,9,14-15H,4,8H2,1-2H3,(H,18,19,20)/t14-,15-/m1/s1. The summed E-state index contributed by atoms with van der Waals surface area (Å²) in [5.74, 6) is 0.792. The fourth-order valence-electron chi connectivity index (χ4n) is 3.43. The maximum Gasteiger partial charge on any atom is 0.227 e. The molecule has 1 aliphatic carbocycles. The average molecular weight is 326 g/mol. The first-order valence-electron chi connectivity index (χ1n) is 7.74. The molecule has 2 aromatic rings. The van der Waals surface area contributed by atoms with Gasteiger partial charge in [-0.05, 0) is 25.2 Å². The predicted octanol–water partition coefficient (Wildman–Crippen LogP) is 3.19. The highest BCUT2D eigenvalue weighted by Crippen LogP contribution is 2.41. The van der Waals surface area contributed by atoms with Crippen LogP contribution in [0, 0.1) is 12.8 Å². The quantitative estimate of drug-likeness (QED) is 0.859. The van der Waals surface area contributed by atoms with Crippen molar-refractivity contribution in [3.8, 4) is 0 Å². The summed E-state index contributed by atoms with van der Waals surface area (Å²) in [4.78, 5) is 17.2. The van der Waals surface area contributed by atoms with E-state index in [1.165, 1.54) is 17.3 Å². The normalized spacial score (nSPS) is 22.9. The minimum absolute atomic E-state index is 0.126. The van der Waals surface area contributed by atoms with Crippen LogP contribution >= 0.6 is 11.8 Å². The maximum absolute atomic E-state index is 12.6. The van der Waals surface area contributed by atoms with E-state index in [2.05, 4.69) is 46.6 Å². The monoisotopic (exact) mass is 326 g/mol. The van der Waals surface area contributed by atoms with E-state index >= 15 is 0 Å². The summed E-state index contributed by atoms with van der Waals surface area (Å²) in [7, 11) is 0. The summed E-state index contributed by atoms with van der Waals surface area (Å²) in [5.41, 5.74) is 3.26. The third kappa shape index (κ3) is 2.37. The van der Waals surface area contributed by atoms with Crippen LogP contribution in [-0.4, -0.2) is 26.8 Å². The zero-order valence-corrected chi connectivity index (χ0v) is 13.9. The summed E-state index contributed by atoms with van der Waals surface area (Å²) in [6.07, 6.45) is 5.48. The molecule has 0 radical (unpaired) electrons. The number of nitrogens with one attached hydrogen (secondary N) is 1. The maximum atomic E-state index is 12.6. The SMILES string of the molecule is CSc1nc2n(n1)[C@H](c1cccc(C)c1)[C@H]1C(=O)CCC=C1N2. The van der Waals surface area contributed by atoms with Crippen molar-refractivity contribution in [3.63, 3.8) is 0 Å². The Kier molecular flexibility index (Phi) is 3.49. The number of hydrogen-bond donors (Lipinski definition) is 1. The van der Waals surface area contributed by atoms with Crippen LogP contribution in [0.5, 0.6) is 0 Å². The summed E-state index contributed by atoms with van der Waals surface area (Å²) in [6, 6.07) is 8.19. The zero-order valence-electron chi connectivity index (χ0n) is 13.1. The molecule has 5 nitrogen and oxygen atoms in total. The minimum Gasteiger partial charge on any atom is -0.328 e. The van der Waals surface area contributed by atoms with E-state index < -0.39 is 0 Å².